The predicted octanol–water partition coefficient (Wildman–Crippen LogP) is 8.66. The lowest BCUT2D eigenvalue weighted by Gasteiger charge is -2.25. The number of hydrogen-bond donors (Lipinski definition) is 0. The van der Waals surface area contributed by atoms with Crippen LogP contribution in [-0.4, -0.2) is 4.98 Å². The summed E-state index contributed by atoms with van der Waals surface area (Å²) in [6, 6.07) is 20.4. The Morgan fingerprint density at radius 3 is 2.31 bits per heavy atom. The topological polar surface area (TPSA) is 12.9 Å². The molecule has 6 rings (SSSR count). The van der Waals surface area contributed by atoms with Crippen LogP contribution in [-0.2, 0) is 5.41 Å². The van der Waals surface area contributed by atoms with E-state index >= 15 is 0 Å². The molecule has 158 valence electrons. The van der Waals surface area contributed by atoms with Crippen LogP contribution in [0, 0.1) is 27.7 Å². The first-order chi connectivity index (χ1) is 15.3. The van der Waals surface area contributed by atoms with Crippen LogP contribution < -0.4 is 0 Å². The summed E-state index contributed by atoms with van der Waals surface area (Å²) in [6.07, 6.45) is 0. The summed E-state index contributed by atoms with van der Waals surface area (Å²) in [5, 5.41) is 2.69. The maximum absolute atomic E-state index is 5.20. The number of hydrogen-bond acceptors (Lipinski definition) is 2. The summed E-state index contributed by atoms with van der Waals surface area (Å²) in [7, 11) is 0. The molecule has 32 heavy (non-hydrogen) atoms. The van der Waals surface area contributed by atoms with Gasteiger partial charge in [0, 0.05) is 25.9 Å². The van der Waals surface area contributed by atoms with Crippen molar-refractivity contribution in [1.29, 1.82) is 0 Å². The Labute approximate surface area is 193 Å². The van der Waals surface area contributed by atoms with Gasteiger partial charge >= 0.3 is 0 Å². The molecular formula is C30H27NS. The van der Waals surface area contributed by atoms with Crippen molar-refractivity contribution in [3.8, 4) is 21.7 Å². The van der Waals surface area contributed by atoms with Crippen LogP contribution in [0.25, 0.3) is 42.7 Å². The molecule has 0 fully saturated rings. The number of benzene rings is 3. The molecule has 5 aromatic rings. The highest BCUT2D eigenvalue weighted by Gasteiger charge is 2.40. The minimum atomic E-state index is -0.0691. The molecule has 1 aliphatic rings. The SMILES string of the molecule is Cc1cc(C)c2c(C)cc(-c3cccc4c3C(C)(C)c3c-4sc4ccc(C)cc34)nc2c1. The van der Waals surface area contributed by atoms with E-state index in [4.69, 9.17) is 4.98 Å². The molecule has 2 heterocycles. The molecule has 0 aliphatic heterocycles. The number of fused-ring (bicyclic) bond motifs is 6. The summed E-state index contributed by atoms with van der Waals surface area (Å²) in [4.78, 5) is 6.63. The molecule has 2 aromatic heterocycles. The first kappa shape index (κ1) is 19.7. The van der Waals surface area contributed by atoms with Gasteiger partial charge in [-0.05, 0) is 84.7 Å². The molecule has 3 aromatic carbocycles. The van der Waals surface area contributed by atoms with Crippen LogP contribution in [0.5, 0.6) is 0 Å². The summed E-state index contributed by atoms with van der Waals surface area (Å²) in [5.41, 5.74) is 12.8. The molecular weight excluding hydrogens is 406 g/mol. The van der Waals surface area contributed by atoms with Crippen LogP contribution in [0.2, 0.25) is 0 Å². The molecule has 0 saturated carbocycles. The number of rotatable bonds is 1. The Kier molecular flexibility index (Phi) is 4.02. The quantitative estimate of drug-likeness (QED) is 0.258. The minimum absolute atomic E-state index is 0.0691. The molecule has 1 nitrogen and oxygen atoms in total. The minimum Gasteiger partial charge on any atom is -0.248 e. The van der Waals surface area contributed by atoms with Gasteiger partial charge in [-0.25, -0.2) is 4.98 Å². The highest BCUT2D eigenvalue weighted by Crippen LogP contribution is 2.57. The van der Waals surface area contributed by atoms with Gasteiger partial charge in [-0.15, -0.1) is 11.3 Å². The lowest BCUT2D eigenvalue weighted by atomic mass is 9.78. The van der Waals surface area contributed by atoms with Gasteiger partial charge in [-0.3, -0.25) is 0 Å². The summed E-state index contributed by atoms with van der Waals surface area (Å²) >= 11 is 1.93. The van der Waals surface area contributed by atoms with Crippen LogP contribution >= 0.6 is 11.3 Å². The first-order valence-electron chi connectivity index (χ1n) is 11.3. The Morgan fingerprint density at radius 2 is 1.50 bits per heavy atom. The van der Waals surface area contributed by atoms with Gasteiger partial charge in [0.25, 0.3) is 0 Å². The van der Waals surface area contributed by atoms with Crippen molar-refractivity contribution in [2.75, 3.05) is 0 Å². The van der Waals surface area contributed by atoms with E-state index in [0.29, 0.717) is 0 Å². The van der Waals surface area contributed by atoms with Gasteiger partial charge in [0.15, 0.2) is 0 Å². The Balaban J connectivity index is 1.65. The highest BCUT2D eigenvalue weighted by atomic mass is 32.1. The number of thiophene rings is 1. The monoisotopic (exact) mass is 433 g/mol. The van der Waals surface area contributed by atoms with Crippen molar-refractivity contribution in [2.24, 2.45) is 0 Å². The third-order valence-electron chi connectivity index (χ3n) is 7.13. The van der Waals surface area contributed by atoms with Gasteiger partial charge in [-0.1, -0.05) is 55.8 Å². The fraction of sp³-hybridized carbons (Fsp3) is 0.233. The number of aromatic nitrogens is 1. The fourth-order valence-corrected chi connectivity index (χ4v) is 7.27. The van der Waals surface area contributed by atoms with E-state index in [1.54, 1.807) is 0 Å². The number of pyridine rings is 1. The fourth-order valence-electron chi connectivity index (χ4n) is 5.90. The predicted molar refractivity (Wildman–Crippen MR) is 139 cm³/mol. The standard InChI is InChI=1S/C30H27NS/c1-16-10-11-25-22(13-16)28-29(32-25)21-9-7-8-20(27(21)30(28,5)6)23-15-19(4)26-18(3)12-17(2)14-24(26)31-23/h7-15H,1-6H3. The van der Waals surface area contributed by atoms with Crippen LogP contribution in [0.3, 0.4) is 0 Å². The molecule has 1 aliphatic carbocycles. The zero-order valence-electron chi connectivity index (χ0n) is 19.6. The van der Waals surface area contributed by atoms with Gasteiger partial charge < -0.3 is 0 Å². The first-order valence-corrected chi connectivity index (χ1v) is 12.1. The summed E-state index contributed by atoms with van der Waals surface area (Å²) < 4.78 is 1.38. The van der Waals surface area contributed by atoms with Crippen molar-refractivity contribution >= 4 is 32.3 Å². The van der Waals surface area contributed by atoms with E-state index in [1.165, 1.54) is 64.9 Å². The largest absolute Gasteiger partial charge is 0.248 e. The highest BCUT2D eigenvalue weighted by molar-refractivity contribution is 7.22. The molecule has 0 amide bonds. The smallest absolute Gasteiger partial charge is 0.0717 e. The van der Waals surface area contributed by atoms with Crippen molar-refractivity contribution in [1.82, 2.24) is 4.98 Å². The maximum Gasteiger partial charge on any atom is 0.0717 e. The van der Waals surface area contributed by atoms with Crippen LogP contribution in [0.4, 0.5) is 0 Å². The number of nitrogens with zero attached hydrogens (tertiary/aromatic N) is 1. The van der Waals surface area contributed by atoms with E-state index in [-0.39, 0.29) is 5.41 Å². The van der Waals surface area contributed by atoms with E-state index in [0.717, 1.165) is 11.2 Å². The molecule has 0 atom stereocenters. The Hall–Kier alpha value is -2.97. The van der Waals surface area contributed by atoms with Gasteiger partial charge in [0.2, 0.25) is 0 Å². The van der Waals surface area contributed by atoms with E-state index in [1.807, 2.05) is 11.3 Å². The van der Waals surface area contributed by atoms with Gasteiger partial charge in [0.1, 0.15) is 0 Å². The molecule has 0 N–H and O–H groups in total. The molecule has 0 bridgehead atoms. The van der Waals surface area contributed by atoms with E-state index in [2.05, 4.69) is 96.1 Å². The van der Waals surface area contributed by atoms with Gasteiger partial charge in [-0.2, -0.15) is 0 Å². The normalized spacial score (nSPS) is 14.2. The Morgan fingerprint density at radius 1 is 0.750 bits per heavy atom. The maximum atomic E-state index is 5.20. The molecule has 0 radical (unpaired) electrons. The van der Waals surface area contributed by atoms with Crippen molar-refractivity contribution in [2.45, 2.75) is 47.0 Å². The van der Waals surface area contributed by atoms with Gasteiger partial charge in [0.05, 0.1) is 11.2 Å². The van der Waals surface area contributed by atoms with Crippen LogP contribution in [0.1, 0.15) is 47.2 Å². The van der Waals surface area contributed by atoms with Crippen molar-refractivity contribution < 1.29 is 0 Å². The average molecular weight is 434 g/mol. The van der Waals surface area contributed by atoms with Crippen molar-refractivity contribution in [3.05, 3.63) is 88.0 Å². The van der Waals surface area contributed by atoms with Crippen LogP contribution in [0.15, 0.2) is 54.6 Å². The lowest BCUT2D eigenvalue weighted by Crippen LogP contribution is -2.16. The second-order valence-electron chi connectivity index (χ2n) is 9.96. The molecule has 2 heteroatoms. The lowest BCUT2D eigenvalue weighted by molar-refractivity contribution is 0.668. The van der Waals surface area contributed by atoms with E-state index in [9.17, 15) is 0 Å². The summed E-state index contributed by atoms with van der Waals surface area (Å²) in [6.45, 7) is 13.5. The zero-order chi connectivity index (χ0) is 22.4. The van der Waals surface area contributed by atoms with Crippen molar-refractivity contribution in [3.63, 3.8) is 0 Å². The van der Waals surface area contributed by atoms with E-state index < -0.39 is 0 Å². The molecule has 0 spiro atoms. The third-order valence-corrected chi connectivity index (χ3v) is 8.33. The second kappa shape index (κ2) is 6.52. The molecule has 0 saturated heterocycles. The third kappa shape index (κ3) is 2.59. The average Bonchev–Trinajstić information content (AvgIpc) is 3.21. The number of aryl methyl sites for hydroxylation is 4. The summed E-state index contributed by atoms with van der Waals surface area (Å²) in [5.74, 6) is 0. The molecule has 0 unspecified atom stereocenters. The zero-order valence-corrected chi connectivity index (χ0v) is 20.4. The Bertz CT molecular complexity index is 1580. The second-order valence-corrected chi connectivity index (χ2v) is 11.0.